The first kappa shape index (κ1) is 26.0. The molecule has 0 saturated heterocycles. The number of pyridine rings is 2. The Bertz CT molecular complexity index is 1340. The Morgan fingerprint density at radius 3 is 1.32 bits per heavy atom. The van der Waals surface area contributed by atoms with E-state index in [9.17, 15) is 0 Å². The van der Waals surface area contributed by atoms with Crippen LogP contribution in [0.1, 0.15) is 51.8 Å². The van der Waals surface area contributed by atoms with Gasteiger partial charge in [-0.3, -0.25) is 4.98 Å². The summed E-state index contributed by atoms with van der Waals surface area (Å²) >= 11 is 0. The lowest BCUT2D eigenvalue weighted by Gasteiger charge is -2.21. The molecule has 0 N–H and O–H groups in total. The van der Waals surface area contributed by atoms with Gasteiger partial charge in [-0.15, -0.1) is 0 Å². The summed E-state index contributed by atoms with van der Waals surface area (Å²) in [7, 11) is 0. The van der Waals surface area contributed by atoms with Crippen molar-refractivity contribution in [3.63, 3.8) is 0 Å². The average molecular weight is 485 g/mol. The Kier molecular flexibility index (Phi) is 8.30. The van der Waals surface area contributed by atoms with Crippen LogP contribution in [0.2, 0.25) is 0 Å². The van der Waals surface area contributed by atoms with Crippen LogP contribution in [0.4, 0.5) is 0 Å². The van der Waals surface area contributed by atoms with E-state index in [1.807, 2.05) is 30.3 Å². The third-order valence-corrected chi connectivity index (χ3v) is 6.26. The second kappa shape index (κ2) is 11.8. The minimum Gasteiger partial charge on any atom is -0.253 e. The molecule has 0 unspecified atom stereocenters. The molecule has 0 aliphatic carbocycles. The maximum Gasteiger partial charge on any atom is 0.0712 e. The van der Waals surface area contributed by atoms with Gasteiger partial charge in [0.2, 0.25) is 0 Å². The van der Waals surface area contributed by atoms with Crippen LogP contribution in [0.5, 0.6) is 0 Å². The fourth-order valence-electron chi connectivity index (χ4n) is 4.02. The number of rotatable bonds is 4. The van der Waals surface area contributed by atoms with E-state index in [1.165, 1.54) is 11.1 Å². The van der Waals surface area contributed by atoms with Gasteiger partial charge in [-0.2, -0.15) is 0 Å². The van der Waals surface area contributed by atoms with Crippen LogP contribution in [0.15, 0.2) is 121 Å². The number of aromatic nitrogens is 2. The third kappa shape index (κ3) is 7.01. The Labute approximate surface area is 222 Å². The lowest BCUT2D eigenvalue weighted by atomic mass is 9.85. The summed E-state index contributed by atoms with van der Waals surface area (Å²) in [5.41, 5.74) is 9.17. The molecular formula is C35H36N2. The van der Waals surface area contributed by atoms with Crippen LogP contribution in [0.3, 0.4) is 0 Å². The maximum atomic E-state index is 4.89. The molecule has 2 heterocycles. The van der Waals surface area contributed by atoms with Gasteiger partial charge in [0, 0.05) is 22.4 Å². The molecule has 0 saturated carbocycles. The average Bonchev–Trinajstić information content (AvgIpc) is 2.94. The summed E-state index contributed by atoms with van der Waals surface area (Å²) in [5.74, 6) is 0.480. The van der Waals surface area contributed by atoms with Crippen molar-refractivity contribution in [1.82, 2.24) is 9.97 Å². The van der Waals surface area contributed by atoms with Crippen molar-refractivity contribution in [2.45, 2.75) is 46.0 Å². The summed E-state index contributed by atoms with van der Waals surface area (Å²) in [5, 5.41) is 0. The zero-order valence-corrected chi connectivity index (χ0v) is 22.5. The highest BCUT2D eigenvalue weighted by atomic mass is 14.7. The fourth-order valence-corrected chi connectivity index (χ4v) is 4.02. The Morgan fingerprint density at radius 1 is 0.486 bits per heavy atom. The van der Waals surface area contributed by atoms with Crippen LogP contribution in [0, 0.1) is 0 Å². The van der Waals surface area contributed by atoms with E-state index in [2.05, 4.69) is 131 Å². The van der Waals surface area contributed by atoms with Crippen molar-refractivity contribution in [3.8, 4) is 33.8 Å². The Morgan fingerprint density at radius 2 is 0.919 bits per heavy atom. The summed E-state index contributed by atoms with van der Waals surface area (Å²) < 4.78 is 0. The molecule has 0 aliphatic heterocycles. The molecule has 0 bridgehead atoms. The first-order chi connectivity index (χ1) is 17.8. The van der Waals surface area contributed by atoms with Gasteiger partial charge in [-0.25, -0.2) is 4.98 Å². The number of hydrogen-bond donors (Lipinski definition) is 0. The van der Waals surface area contributed by atoms with E-state index in [1.54, 1.807) is 0 Å². The maximum absolute atomic E-state index is 4.89. The van der Waals surface area contributed by atoms with Gasteiger partial charge < -0.3 is 0 Å². The van der Waals surface area contributed by atoms with Gasteiger partial charge in [-0.1, -0.05) is 132 Å². The van der Waals surface area contributed by atoms with Gasteiger partial charge in [0.1, 0.15) is 0 Å². The van der Waals surface area contributed by atoms with Crippen molar-refractivity contribution in [1.29, 1.82) is 0 Å². The first-order valence-corrected chi connectivity index (χ1v) is 13.0. The van der Waals surface area contributed by atoms with E-state index in [-0.39, 0.29) is 5.41 Å². The van der Waals surface area contributed by atoms with Gasteiger partial charge in [0.15, 0.2) is 0 Å². The summed E-state index contributed by atoms with van der Waals surface area (Å²) in [6.07, 6.45) is 0. The molecule has 0 aliphatic rings. The molecule has 2 nitrogen and oxygen atoms in total. The standard InChI is InChI=1S/C21H21N.C14H15N/c1-21(2,3)18-14-19(16-10-6-4-7-11-16)22-20(15-18)17-12-8-5-9-13-17;1-11(2)13-9-6-10-14(15-13)12-7-4-3-5-8-12/h4-15H,1-3H3;3-11H,1-2H3. The molecule has 0 spiro atoms. The van der Waals surface area contributed by atoms with Crippen molar-refractivity contribution >= 4 is 0 Å². The minimum atomic E-state index is 0.0933. The summed E-state index contributed by atoms with van der Waals surface area (Å²) in [4.78, 5) is 9.53. The van der Waals surface area contributed by atoms with Crippen molar-refractivity contribution in [2.24, 2.45) is 0 Å². The van der Waals surface area contributed by atoms with Gasteiger partial charge >= 0.3 is 0 Å². The SMILES string of the molecule is CC(C)(C)c1cc(-c2ccccc2)nc(-c2ccccc2)c1.CC(C)c1cccc(-c2ccccc2)n1. The zero-order chi connectivity index (χ0) is 26.3. The predicted octanol–water partition coefficient (Wildman–Crippen LogP) is 9.59. The Balaban J connectivity index is 0.000000186. The van der Waals surface area contributed by atoms with Gasteiger partial charge in [-0.05, 0) is 41.2 Å². The fraction of sp³-hybridized carbons (Fsp3) is 0.200. The van der Waals surface area contributed by atoms with Crippen LogP contribution >= 0.6 is 0 Å². The normalized spacial score (nSPS) is 11.1. The number of hydrogen-bond acceptors (Lipinski definition) is 2. The molecular weight excluding hydrogens is 448 g/mol. The topological polar surface area (TPSA) is 25.8 Å². The monoisotopic (exact) mass is 484 g/mol. The van der Waals surface area contributed by atoms with Crippen LogP contribution in [-0.2, 0) is 5.41 Å². The molecule has 5 rings (SSSR count). The van der Waals surface area contributed by atoms with E-state index in [4.69, 9.17) is 4.98 Å². The van der Waals surface area contributed by atoms with E-state index < -0.39 is 0 Å². The minimum absolute atomic E-state index is 0.0933. The summed E-state index contributed by atoms with van der Waals surface area (Å²) in [6.45, 7) is 11.1. The zero-order valence-electron chi connectivity index (χ0n) is 22.5. The van der Waals surface area contributed by atoms with Crippen LogP contribution in [0.25, 0.3) is 33.8 Å². The molecule has 5 aromatic rings. The molecule has 2 aromatic heterocycles. The van der Waals surface area contributed by atoms with E-state index in [0.29, 0.717) is 5.92 Å². The highest BCUT2D eigenvalue weighted by Crippen LogP contribution is 2.30. The smallest absolute Gasteiger partial charge is 0.0712 e. The van der Waals surface area contributed by atoms with Crippen molar-refractivity contribution in [3.05, 3.63) is 133 Å². The highest BCUT2D eigenvalue weighted by Gasteiger charge is 2.17. The van der Waals surface area contributed by atoms with Crippen molar-refractivity contribution in [2.75, 3.05) is 0 Å². The quantitative estimate of drug-likeness (QED) is 0.254. The van der Waals surface area contributed by atoms with E-state index in [0.717, 1.165) is 33.9 Å². The molecule has 0 fully saturated rings. The predicted molar refractivity (Wildman–Crippen MR) is 158 cm³/mol. The molecule has 0 radical (unpaired) electrons. The van der Waals surface area contributed by atoms with Crippen molar-refractivity contribution < 1.29 is 0 Å². The number of nitrogens with zero attached hydrogens (tertiary/aromatic N) is 2. The van der Waals surface area contributed by atoms with Gasteiger partial charge in [0.25, 0.3) is 0 Å². The first-order valence-electron chi connectivity index (χ1n) is 13.0. The lowest BCUT2D eigenvalue weighted by molar-refractivity contribution is 0.590. The molecule has 37 heavy (non-hydrogen) atoms. The highest BCUT2D eigenvalue weighted by molar-refractivity contribution is 5.68. The molecule has 0 atom stereocenters. The second-order valence-corrected chi connectivity index (χ2v) is 10.6. The molecule has 186 valence electrons. The second-order valence-electron chi connectivity index (χ2n) is 10.6. The third-order valence-electron chi connectivity index (χ3n) is 6.26. The molecule has 3 aromatic carbocycles. The van der Waals surface area contributed by atoms with Crippen LogP contribution in [-0.4, -0.2) is 9.97 Å². The number of benzene rings is 3. The molecule has 2 heteroatoms. The lowest BCUT2D eigenvalue weighted by Crippen LogP contribution is -2.12. The molecule has 0 amide bonds. The van der Waals surface area contributed by atoms with Crippen LogP contribution < -0.4 is 0 Å². The summed E-state index contributed by atoms with van der Waals surface area (Å²) in [6, 6.07) is 41.7. The Hall–Kier alpha value is -4.04. The van der Waals surface area contributed by atoms with E-state index >= 15 is 0 Å². The largest absolute Gasteiger partial charge is 0.253 e. The van der Waals surface area contributed by atoms with Gasteiger partial charge in [0.05, 0.1) is 17.1 Å².